The number of hydrogen-bond acceptors (Lipinski definition) is 3. The normalized spacial score (nSPS) is 27.6. The van der Waals surface area contributed by atoms with Gasteiger partial charge in [0.25, 0.3) is 0 Å². The topological polar surface area (TPSA) is 26.7 Å². The number of piperidine rings is 1. The van der Waals surface area contributed by atoms with Gasteiger partial charge in [0.05, 0.1) is 0 Å². The first-order valence-corrected chi connectivity index (χ1v) is 11.4. The van der Waals surface area contributed by atoms with Crippen LogP contribution in [0.25, 0.3) is 5.57 Å². The lowest BCUT2D eigenvalue weighted by molar-refractivity contribution is -0.00557. The number of aromatic hydroxyl groups is 1. The molecule has 2 saturated heterocycles. The smallest absolute Gasteiger partial charge is 0.115 e. The van der Waals surface area contributed by atoms with E-state index in [1.54, 1.807) is 6.07 Å². The van der Waals surface area contributed by atoms with Crippen LogP contribution < -0.4 is 0 Å². The van der Waals surface area contributed by atoms with Crippen molar-refractivity contribution in [2.75, 3.05) is 26.2 Å². The van der Waals surface area contributed by atoms with Crippen molar-refractivity contribution in [3.63, 3.8) is 0 Å². The molecule has 2 aromatic rings. The zero-order valence-electron chi connectivity index (χ0n) is 18.8. The van der Waals surface area contributed by atoms with E-state index in [0.717, 1.165) is 45.6 Å². The van der Waals surface area contributed by atoms with Gasteiger partial charge in [0.2, 0.25) is 0 Å². The lowest BCUT2D eigenvalue weighted by Gasteiger charge is -2.53. The number of phenolic OH excluding ortho intramolecular Hbond substituents is 1. The van der Waals surface area contributed by atoms with Gasteiger partial charge in [-0.05, 0) is 58.6 Å². The van der Waals surface area contributed by atoms with E-state index in [9.17, 15) is 5.11 Å². The second kappa shape index (κ2) is 8.56. The van der Waals surface area contributed by atoms with Gasteiger partial charge in [-0.2, -0.15) is 0 Å². The summed E-state index contributed by atoms with van der Waals surface area (Å²) in [4.78, 5) is 5.31. The molecule has 0 saturated carbocycles. The Balaban J connectivity index is 1.45. The van der Waals surface area contributed by atoms with Crippen molar-refractivity contribution in [1.82, 2.24) is 9.80 Å². The molecule has 2 aromatic carbocycles. The number of allylic oxidation sites excluding steroid dienone is 1. The summed E-state index contributed by atoms with van der Waals surface area (Å²) in [7, 11) is 0. The molecule has 0 bridgehead atoms. The number of rotatable bonds is 5. The first kappa shape index (κ1) is 21.1. The van der Waals surface area contributed by atoms with Crippen LogP contribution in [0.3, 0.4) is 0 Å². The maximum Gasteiger partial charge on any atom is 0.115 e. The minimum Gasteiger partial charge on any atom is -0.508 e. The van der Waals surface area contributed by atoms with E-state index in [-0.39, 0.29) is 5.41 Å². The van der Waals surface area contributed by atoms with Crippen molar-refractivity contribution in [3.05, 3.63) is 71.8 Å². The van der Waals surface area contributed by atoms with Crippen LogP contribution in [0.15, 0.2) is 55.1 Å². The first-order chi connectivity index (χ1) is 14.4. The molecular formula is C27H36N2O. The summed E-state index contributed by atoms with van der Waals surface area (Å²) in [5.74, 6) is 0.948. The van der Waals surface area contributed by atoms with Crippen LogP contribution in [0.1, 0.15) is 50.3 Å². The second-order valence-electron chi connectivity index (χ2n) is 9.61. The molecule has 2 aliphatic rings. The SMILES string of the molecule is C=C(CC)c1ccc(CN2CCN3CC(C)[C@](C)(c4cccc(O)c4)CC3C2)cc1. The first-order valence-electron chi connectivity index (χ1n) is 11.4. The van der Waals surface area contributed by atoms with Gasteiger partial charge >= 0.3 is 0 Å². The van der Waals surface area contributed by atoms with Crippen molar-refractivity contribution in [2.45, 2.75) is 51.6 Å². The monoisotopic (exact) mass is 404 g/mol. The molecule has 0 aromatic heterocycles. The van der Waals surface area contributed by atoms with Gasteiger partial charge in [0.15, 0.2) is 0 Å². The lowest BCUT2D eigenvalue weighted by atomic mass is 9.65. The van der Waals surface area contributed by atoms with Gasteiger partial charge in [0, 0.05) is 38.8 Å². The lowest BCUT2D eigenvalue weighted by Crippen LogP contribution is -2.60. The number of hydrogen-bond donors (Lipinski definition) is 1. The van der Waals surface area contributed by atoms with E-state index in [0.29, 0.717) is 17.7 Å². The predicted molar refractivity (Wildman–Crippen MR) is 126 cm³/mol. The number of benzene rings is 2. The molecule has 2 unspecified atom stereocenters. The molecular weight excluding hydrogens is 368 g/mol. The van der Waals surface area contributed by atoms with Crippen LogP contribution in [0, 0.1) is 5.92 Å². The van der Waals surface area contributed by atoms with Crippen LogP contribution in [0.4, 0.5) is 0 Å². The fourth-order valence-electron chi connectivity index (χ4n) is 5.35. The average Bonchev–Trinajstić information content (AvgIpc) is 2.75. The van der Waals surface area contributed by atoms with Crippen molar-refractivity contribution >= 4 is 5.57 Å². The van der Waals surface area contributed by atoms with Gasteiger partial charge in [-0.3, -0.25) is 9.80 Å². The maximum atomic E-state index is 10.0. The van der Waals surface area contributed by atoms with Crippen molar-refractivity contribution in [3.8, 4) is 5.75 Å². The Morgan fingerprint density at radius 3 is 2.60 bits per heavy atom. The average molecular weight is 405 g/mol. The van der Waals surface area contributed by atoms with Gasteiger partial charge in [-0.1, -0.05) is 63.7 Å². The highest BCUT2D eigenvalue weighted by Gasteiger charge is 2.44. The van der Waals surface area contributed by atoms with Crippen LogP contribution in [0.2, 0.25) is 0 Å². The number of fused-ring (bicyclic) bond motifs is 1. The van der Waals surface area contributed by atoms with Gasteiger partial charge < -0.3 is 5.11 Å². The molecule has 0 amide bonds. The Hall–Kier alpha value is -2.10. The number of phenols is 1. The molecule has 4 rings (SSSR count). The van der Waals surface area contributed by atoms with E-state index in [1.807, 2.05) is 12.1 Å². The molecule has 0 spiro atoms. The molecule has 160 valence electrons. The Bertz CT molecular complexity index is 890. The van der Waals surface area contributed by atoms with Gasteiger partial charge in [-0.15, -0.1) is 0 Å². The van der Waals surface area contributed by atoms with Crippen molar-refractivity contribution in [1.29, 1.82) is 0 Å². The van der Waals surface area contributed by atoms with Crippen LogP contribution in [-0.4, -0.2) is 47.1 Å². The highest BCUT2D eigenvalue weighted by Crippen LogP contribution is 2.43. The summed E-state index contributed by atoms with van der Waals surface area (Å²) in [6.07, 6.45) is 2.14. The quantitative estimate of drug-likeness (QED) is 0.733. The van der Waals surface area contributed by atoms with E-state index in [2.05, 4.69) is 67.5 Å². The molecule has 30 heavy (non-hydrogen) atoms. The highest BCUT2D eigenvalue weighted by atomic mass is 16.3. The zero-order valence-corrected chi connectivity index (χ0v) is 18.8. The van der Waals surface area contributed by atoms with E-state index in [1.165, 1.54) is 22.3 Å². The molecule has 2 aliphatic heterocycles. The summed E-state index contributed by atoms with van der Waals surface area (Å²) >= 11 is 0. The molecule has 1 N–H and O–H groups in total. The summed E-state index contributed by atoms with van der Waals surface area (Å²) in [6, 6.07) is 17.5. The third-order valence-corrected chi connectivity index (χ3v) is 7.65. The summed E-state index contributed by atoms with van der Waals surface area (Å²) in [5, 5.41) is 10.0. The zero-order chi connectivity index (χ0) is 21.3. The molecule has 3 atom stereocenters. The minimum absolute atomic E-state index is 0.102. The predicted octanol–water partition coefficient (Wildman–Crippen LogP) is 5.30. The Labute approximate surface area is 182 Å². The van der Waals surface area contributed by atoms with Crippen molar-refractivity contribution in [2.24, 2.45) is 5.92 Å². The second-order valence-corrected chi connectivity index (χ2v) is 9.61. The fraction of sp³-hybridized carbons (Fsp3) is 0.481. The number of nitrogens with zero attached hydrogens (tertiary/aromatic N) is 2. The van der Waals surface area contributed by atoms with Gasteiger partial charge in [0.1, 0.15) is 5.75 Å². The maximum absolute atomic E-state index is 10.0. The standard InChI is InChI=1S/C27H36N2O/c1-5-20(2)23-11-9-22(10-12-23)18-28-13-14-29-17-21(3)27(4,16-25(29)19-28)24-7-6-8-26(30)15-24/h6-12,15,21,25,30H,2,5,13-14,16-19H2,1,3-4H3/t21?,25?,27-/m1/s1. The van der Waals surface area contributed by atoms with Crippen LogP contribution in [0.5, 0.6) is 5.75 Å². The summed E-state index contributed by atoms with van der Waals surface area (Å²) in [5.41, 5.74) is 5.23. The molecule has 0 aliphatic carbocycles. The summed E-state index contributed by atoms with van der Waals surface area (Å²) < 4.78 is 0. The van der Waals surface area contributed by atoms with E-state index in [4.69, 9.17) is 0 Å². The largest absolute Gasteiger partial charge is 0.508 e. The number of piperazine rings is 1. The van der Waals surface area contributed by atoms with E-state index >= 15 is 0 Å². The fourth-order valence-corrected chi connectivity index (χ4v) is 5.35. The minimum atomic E-state index is 0.102. The Morgan fingerprint density at radius 2 is 1.90 bits per heavy atom. The Morgan fingerprint density at radius 1 is 1.13 bits per heavy atom. The molecule has 2 heterocycles. The van der Waals surface area contributed by atoms with Gasteiger partial charge in [-0.25, -0.2) is 0 Å². The molecule has 3 nitrogen and oxygen atoms in total. The summed E-state index contributed by atoms with van der Waals surface area (Å²) in [6.45, 7) is 16.6. The molecule has 3 heteroatoms. The third-order valence-electron chi connectivity index (χ3n) is 7.65. The molecule has 2 fully saturated rings. The van der Waals surface area contributed by atoms with Crippen molar-refractivity contribution < 1.29 is 5.11 Å². The third kappa shape index (κ3) is 4.19. The van der Waals surface area contributed by atoms with Crippen LogP contribution >= 0.6 is 0 Å². The van der Waals surface area contributed by atoms with E-state index < -0.39 is 0 Å². The highest BCUT2D eigenvalue weighted by molar-refractivity contribution is 5.63. The Kier molecular flexibility index (Phi) is 6.04. The van der Waals surface area contributed by atoms with Crippen LogP contribution in [-0.2, 0) is 12.0 Å². The molecule has 0 radical (unpaired) electrons.